The van der Waals surface area contributed by atoms with Crippen LogP contribution in [0.5, 0.6) is 0 Å². The molecule has 0 saturated carbocycles. The van der Waals surface area contributed by atoms with Crippen LogP contribution in [0.2, 0.25) is 0 Å². The predicted octanol–water partition coefficient (Wildman–Crippen LogP) is 2.19. The van der Waals surface area contributed by atoms with Crippen molar-refractivity contribution in [1.82, 2.24) is 4.98 Å². The van der Waals surface area contributed by atoms with Crippen molar-refractivity contribution >= 4 is 22.6 Å². The number of fused-ring (bicyclic) bond motifs is 1. The van der Waals surface area contributed by atoms with Crippen molar-refractivity contribution in [3.05, 3.63) is 51.0 Å². The van der Waals surface area contributed by atoms with E-state index in [1.807, 2.05) is 6.07 Å². The summed E-state index contributed by atoms with van der Waals surface area (Å²) in [5.74, 6) is 0.412. The minimum absolute atomic E-state index is 0.0108. The summed E-state index contributed by atoms with van der Waals surface area (Å²) in [5, 5.41) is 4.11. The normalized spacial score (nSPS) is 18.0. The lowest BCUT2D eigenvalue weighted by Gasteiger charge is -2.16. The zero-order valence-electron chi connectivity index (χ0n) is 11.2. The van der Waals surface area contributed by atoms with E-state index in [1.165, 1.54) is 6.07 Å². The number of hydrogen-bond donors (Lipinski definition) is 1. The molecule has 0 radical (unpaired) electrons. The number of anilines is 1. The molecule has 1 atom stereocenters. The number of rotatable bonds is 3. The molecule has 1 unspecified atom stereocenters. The summed E-state index contributed by atoms with van der Waals surface area (Å²) >= 11 is 0. The Balaban J connectivity index is 1.95. The Morgan fingerprint density at radius 3 is 3.00 bits per heavy atom. The quantitative estimate of drug-likeness (QED) is 0.530. The number of para-hydroxylation sites is 1. The van der Waals surface area contributed by atoms with Crippen LogP contribution in [0.3, 0.4) is 0 Å². The highest BCUT2D eigenvalue weighted by Crippen LogP contribution is 2.24. The van der Waals surface area contributed by atoms with Gasteiger partial charge in [-0.25, -0.2) is 0 Å². The Morgan fingerprint density at radius 2 is 2.19 bits per heavy atom. The summed E-state index contributed by atoms with van der Waals surface area (Å²) in [6.45, 7) is 0.739. The number of carbonyl (C=O) groups excluding carboxylic acids is 1. The molecule has 106 valence electrons. The van der Waals surface area contributed by atoms with Crippen LogP contribution in [0.1, 0.15) is 6.42 Å². The van der Waals surface area contributed by atoms with Crippen LogP contribution in [0.4, 0.5) is 5.82 Å². The minimum atomic E-state index is -0.120. The topological polar surface area (TPSA) is 102 Å². The SMILES string of the molecule is [N-]=[N+]=NCC1CC(=O)N(c2cc(=O)c3ccccc3[nH]2)C1. The van der Waals surface area contributed by atoms with Crippen LogP contribution in [-0.2, 0) is 4.79 Å². The van der Waals surface area contributed by atoms with Gasteiger partial charge in [-0.15, -0.1) is 0 Å². The number of nitrogens with one attached hydrogen (secondary N) is 1. The maximum atomic E-state index is 12.1. The van der Waals surface area contributed by atoms with Crippen molar-refractivity contribution in [3.63, 3.8) is 0 Å². The fourth-order valence-corrected chi connectivity index (χ4v) is 2.62. The number of aromatic amines is 1. The molecule has 1 aliphatic rings. The fraction of sp³-hybridized carbons (Fsp3) is 0.286. The summed E-state index contributed by atoms with van der Waals surface area (Å²) in [5.41, 5.74) is 8.92. The Morgan fingerprint density at radius 1 is 1.38 bits per heavy atom. The number of aromatic nitrogens is 1. The summed E-state index contributed by atoms with van der Waals surface area (Å²) in [6.07, 6.45) is 0.327. The van der Waals surface area contributed by atoms with Crippen LogP contribution in [0.15, 0.2) is 40.2 Å². The number of benzene rings is 1. The molecule has 1 aromatic carbocycles. The van der Waals surface area contributed by atoms with Crippen LogP contribution in [-0.4, -0.2) is 24.0 Å². The number of carbonyl (C=O) groups is 1. The average molecular weight is 283 g/mol. The fourth-order valence-electron chi connectivity index (χ4n) is 2.62. The van der Waals surface area contributed by atoms with Gasteiger partial charge < -0.3 is 4.98 Å². The molecule has 3 rings (SSSR count). The van der Waals surface area contributed by atoms with Crippen molar-refractivity contribution in [2.45, 2.75) is 6.42 Å². The summed E-state index contributed by atoms with van der Waals surface area (Å²) < 4.78 is 0. The van der Waals surface area contributed by atoms with Gasteiger partial charge in [-0.05, 0) is 23.6 Å². The summed E-state index contributed by atoms with van der Waals surface area (Å²) in [7, 11) is 0. The van der Waals surface area contributed by atoms with E-state index in [4.69, 9.17) is 5.53 Å². The monoisotopic (exact) mass is 283 g/mol. The summed E-state index contributed by atoms with van der Waals surface area (Å²) in [4.78, 5) is 31.5. The molecule has 1 amide bonds. The maximum absolute atomic E-state index is 12.1. The molecule has 7 heteroatoms. The first kappa shape index (κ1) is 13.2. The molecule has 0 spiro atoms. The van der Waals surface area contributed by atoms with Gasteiger partial charge in [0.2, 0.25) is 5.91 Å². The Labute approximate surface area is 119 Å². The highest BCUT2D eigenvalue weighted by Gasteiger charge is 2.30. The van der Waals surface area contributed by atoms with Crippen molar-refractivity contribution in [1.29, 1.82) is 0 Å². The van der Waals surface area contributed by atoms with Crippen LogP contribution < -0.4 is 10.3 Å². The third-order valence-electron chi connectivity index (χ3n) is 3.62. The van der Waals surface area contributed by atoms with E-state index in [9.17, 15) is 9.59 Å². The number of hydrogen-bond acceptors (Lipinski definition) is 3. The van der Waals surface area contributed by atoms with Gasteiger partial charge in [0.25, 0.3) is 0 Å². The Kier molecular flexibility index (Phi) is 3.33. The molecular weight excluding hydrogens is 270 g/mol. The third kappa shape index (κ3) is 2.46. The lowest BCUT2D eigenvalue weighted by atomic mass is 10.1. The number of pyridine rings is 1. The molecule has 7 nitrogen and oxygen atoms in total. The van der Waals surface area contributed by atoms with Gasteiger partial charge in [0, 0.05) is 35.9 Å². The number of nitrogens with zero attached hydrogens (tertiary/aromatic N) is 4. The molecule has 2 heterocycles. The van der Waals surface area contributed by atoms with E-state index >= 15 is 0 Å². The molecule has 1 saturated heterocycles. The molecular formula is C14H13N5O2. The van der Waals surface area contributed by atoms with Gasteiger partial charge in [0.15, 0.2) is 5.43 Å². The predicted molar refractivity (Wildman–Crippen MR) is 79.0 cm³/mol. The van der Waals surface area contributed by atoms with E-state index in [0.717, 1.165) is 0 Å². The van der Waals surface area contributed by atoms with Crippen LogP contribution >= 0.6 is 0 Å². The van der Waals surface area contributed by atoms with Gasteiger partial charge >= 0.3 is 0 Å². The van der Waals surface area contributed by atoms with Gasteiger partial charge in [-0.3, -0.25) is 14.5 Å². The first-order chi connectivity index (χ1) is 10.2. The van der Waals surface area contributed by atoms with Gasteiger partial charge in [-0.1, -0.05) is 17.2 Å². The lowest BCUT2D eigenvalue weighted by Crippen LogP contribution is -2.27. The summed E-state index contributed by atoms with van der Waals surface area (Å²) in [6, 6.07) is 8.62. The van der Waals surface area contributed by atoms with Gasteiger partial charge in [0.1, 0.15) is 5.82 Å². The Hall–Kier alpha value is -2.79. The van der Waals surface area contributed by atoms with Gasteiger partial charge in [-0.2, -0.15) is 0 Å². The molecule has 1 fully saturated rings. The van der Waals surface area contributed by atoms with Crippen LogP contribution in [0.25, 0.3) is 21.3 Å². The van der Waals surface area contributed by atoms with E-state index in [1.54, 1.807) is 23.1 Å². The van der Waals surface area contributed by atoms with E-state index < -0.39 is 0 Å². The van der Waals surface area contributed by atoms with E-state index in [-0.39, 0.29) is 23.8 Å². The van der Waals surface area contributed by atoms with E-state index in [0.29, 0.717) is 29.7 Å². The van der Waals surface area contributed by atoms with Crippen molar-refractivity contribution < 1.29 is 4.79 Å². The van der Waals surface area contributed by atoms with E-state index in [2.05, 4.69) is 15.0 Å². The maximum Gasteiger partial charge on any atom is 0.228 e. The number of amides is 1. The first-order valence-electron chi connectivity index (χ1n) is 6.62. The molecule has 0 bridgehead atoms. The number of azide groups is 1. The molecule has 21 heavy (non-hydrogen) atoms. The second-order valence-electron chi connectivity index (χ2n) is 5.05. The zero-order valence-corrected chi connectivity index (χ0v) is 11.2. The van der Waals surface area contributed by atoms with Crippen molar-refractivity contribution in [3.8, 4) is 0 Å². The average Bonchev–Trinajstić information content (AvgIpc) is 2.86. The number of H-pyrrole nitrogens is 1. The molecule has 1 aromatic heterocycles. The molecule has 0 aliphatic carbocycles. The largest absolute Gasteiger partial charge is 0.341 e. The molecule has 2 aromatic rings. The Bertz CT molecular complexity index is 806. The first-order valence-corrected chi connectivity index (χ1v) is 6.62. The van der Waals surface area contributed by atoms with Crippen LogP contribution in [0, 0.1) is 5.92 Å². The minimum Gasteiger partial charge on any atom is -0.341 e. The van der Waals surface area contributed by atoms with Crippen molar-refractivity contribution in [2.24, 2.45) is 11.0 Å². The van der Waals surface area contributed by atoms with Gasteiger partial charge in [0.05, 0.1) is 5.52 Å². The highest BCUT2D eigenvalue weighted by atomic mass is 16.2. The zero-order chi connectivity index (χ0) is 14.8. The molecule has 1 N–H and O–H groups in total. The third-order valence-corrected chi connectivity index (χ3v) is 3.62. The highest BCUT2D eigenvalue weighted by molar-refractivity contribution is 5.96. The smallest absolute Gasteiger partial charge is 0.228 e. The lowest BCUT2D eigenvalue weighted by molar-refractivity contribution is -0.117. The molecule has 1 aliphatic heterocycles. The standard InChI is InChI=1S/C14H13N5O2/c15-18-16-7-9-5-14(21)19(8-9)13-6-12(20)10-3-1-2-4-11(10)17-13/h1-4,6,9H,5,7-8H2,(H,17,20). The van der Waals surface area contributed by atoms with Crippen molar-refractivity contribution in [2.75, 3.05) is 18.0 Å². The second kappa shape index (κ2) is 5.30. The second-order valence-corrected chi connectivity index (χ2v) is 5.05.